The summed E-state index contributed by atoms with van der Waals surface area (Å²) in [7, 11) is 0.962. The molecule has 2 atom stereocenters. The van der Waals surface area contributed by atoms with E-state index in [-0.39, 0.29) is 18.7 Å². The van der Waals surface area contributed by atoms with Gasteiger partial charge in [0.15, 0.2) is 11.5 Å². The van der Waals surface area contributed by atoms with E-state index in [9.17, 15) is 27.4 Å². The Morgan fingerprint density at radius 2 is 1.64 bits per heavy atom. The van der Waals surface area contributed by atoms with Crippen LogP contribution in [0.2, 0.25) is 0 Å². The first-order valence-electron chi connectivity index (χ1n) is 18.1. The van der Waals surface area contributed by atoms with Crippen LogP contribution in [0.3, 0.4) is 0 Å². The smallest absolute Gasteiger partial charge is 0.303 e. The number of nitrogens with zero attached hydrogens (tertiary/aromatic N) is 2. The highest BCUT2D eigenvalue weighted by Gasteiger charge is 2.46. The SMILES string of the molecule is CN1/C(=C/C2=C(NC(CS(=O)(=O)[O-])C(=O)NCC[NH+](C)CCCCCC(=O)O)C(=C/C3=[N+](C)c4ccccc4C3(C)C)/C2=O)C(C)(C)c2ccccc21. The first-order chi connectivity index (χ1) is 24.8. The number of ketones is 1. The van der Waals surface area contributed by atoms with E-state index in [4.69, 9.17) is 5.11 Å². The van der Waals surface area contributed by atoms with E-state index in [1.54, 1.807) is 12.2 Å². The molecule has 2 aromatic carbocycles. The number of carboxylic acid groups (broad SMARTS) is 1. The second kappa shape index (κ2) is 15.4. The summed E-state index contributed by atoms with van der Waals surface area (Å²) in [6, 6.07) is 14.5. The number of likely N-dealkylation sites (N-methyl/N-ethyl adjacent to an activating group) is 2. The van der Waals surface area contributed by atoms with Gasteiger partial charge >= 0.3 is 5.97 Å². The van der Waals surface area contributed by atoms with Gasteiger partial charge in [0.1, 0.15) is 13.1 Å². The molecule has 0 aromatic heterocycles. The number of anilines is 1. The van der Waals surface area contributed by atoms with Gasteiger partial charge in [0, 0.05) is 53.5 Å². The second-order valence-electron chi connectivity index (χ2n) is 15.4. The molecule has 2 heterocycles. The van der Waals surface area contributed by atoms with Gasteiger partial charge in [-0.25, -0.2) is 8.42 Å². The van der Waals surface area contributed by atoms with Crippen LogP contribution in [-0.4, -0.2) is 98.6 Å². The summed E-state index contributed by atoms with van der Waals surface area (Å²) in [5, 5.41) is 14.7. The van der Waals surface area contributed by atoms with Crippen LogP contribution in [0.5, 0.6) is 0 Å². The molecule has 1 aliphatic carbocycles. The van der Waals surface area contributed by atoms with Crippen LogP contribution < -0.4 is 20.4 Å². The van der Waals surface area contributed by atoms with E-state index >= 15 is 0 Å². The Labute approximate surface area is 312 Å². The Morgan fingerprint density at radius 1 is 0.981 bits per heavy atom. The minimum absolute atomic E-state index is 0.132. The van der Waals surface area contributed by atoms with Crippen LogP contribution in [-0.2, 0) is 35.3 Å². The third-order valence-electron chi connectivity index (χ3n) is 10.8. The molecule has 13 heteroatoms. The maximum atomic E-state index is 14.2. The van der Waals surface area contributed by atoms with Crippen LogP contribution in [0.4, 0.5) is 11.4 Å². The molecule has 5 rings (SSSR count). The molecule has 2 aromatic rings. The number of carbonyl (C=O) groups is 3. The number of unbranched alkanes of at least 4 members (excludes halogenated alkanes) is 2. The fourth-order valence-corrected chi connectivity index (χ4v) is 8.41. The van der Waals surface area contributed by atoms with Gasteiger partial charge in [0.05, 0.1) is 59.2 Å². The van der Waals surface area contributed by atoms with Gasteiger partial charge in [-0.05, 0) is 50.8 Å². The fraction of sp³-hybridized carbons (Fsp3) is 0.450. The molecule has 0 radical (unpaired) electrons. The minimum Gasteiger partial charge on any atom is -0.748 e. The largest absolute Gasteiger partial charge is 0.748 e. The Bertz CT molecular complexity index is 2040. The molecule has 4 N–H and O–H groups in total. The monoisotopic (exact) mass is 746 g/mol. The van der Waals surface area contributed by atoms with Gasteiger partial charge in [-0.15, -0.1) is 0 Å². The minimum atomic E-state index is -4.87. The Morgan fingerprint density at radius 3 is 2.28 bits per heavy atom. The summed E-state index contributed by atoms with van der Waals surface area (Å²) < 4.78 is 38.6. The van der Waals surface area contributed by atoms with Crippen LogP contribution >= 0.6 is 0 Å². The van der Waals surface area contributed by atoms with Gasteiger partial charge in [0.25, 0.3) is 0 Å². The zero-order valence-electron chi connectivity index (χ0n) is 31.7. The number of rotatable bonds is 16. The topological polar surface area (TPSA) is 163 Å². The van der Waals surface area contributed by atoms with Crippen molar-refractivity contribution in [1.82, 2.24) is 10.6 Å². The van der Waals surface area contributed by atoms with Crippen molar-refractivity contribution in [1.29, 1.82) is 0 Å². The molecule has 284 valence electrons. The molecule has 12 nitrogen and oxygen atoms in total. The third kappa shape index (κ3) is 8.32. The molecular weight excluding hydrogens is 695 g/mol. The van der Waals surface area contributed by atoms with Crippen LogP contribution in [0.15, 0.2) is 83.2 Å². The van der Waals surface area contributed by atoms with Crippen molar-refractivity contribution in [2.45, 2.75) is 70.3 Å². The highest BCUT2D eigenvalue weighted by Crippen LogP contribution is 2.48. The molecule has 0 bridgehead atoms. The number of aliphatic carboxylic acids is 1. The fourth-order valence-electron chi connectivity index (χ4n) is 7.77. The van der Waals surface area contributed by atoms with Gasteiger partial charge in [-0.3, -0.25) is 14.4 Å². The first-order valence-corrected chi connectivity index (χ1v) is 19.7. The molecule has 0 fully saturated rings. The van der Waals surface area contributed by atoms with E-state index in [2.05, 4.69) is 50.5 Å². The number of hydrogen-bond acceptors (Lipinski definition) is 8. The second-order valence-corrected chi connectivity index (χ2v) is 16.8. The molecule has 53 heavy (non-hydrogen) atoms. The quantitative estimate of drug-likeness (QED) is 0.0876. The predicted octanol–water partition coefficient (Wildman–Crippen LogP) is 2.55. The number of hydrogen-bond donors (Lipinski definition) is 4. The predicted molar refractivity (Wildman–Crippen MR) is 204 cm³/mol. The summed E-state index contributed by atoms with van der Waals surface area (Å²) in [5.41, 5.74) is 5.87. The maximum Gasteiger partial charge on any atom is 0.303 e. The highest BCUT2D eigenvalue weighted by atomic mass is 32.2. The Hall–Kier alpha value is -4.59. The molecular formula is C40H52N5O7S+. The molecule has 0 spiro atoms. The Kier molecular flexibility index (Phi) is 11.5. The number of Topliss-reactive ketones (excluding diaryl/α,β-unsaturated/α-hetero) is 1. The summed E-state index contributed by atoms with van der Waals surface area (Å²) in [6.45, 7) is 9.84. The zero-order valence-corrected chi connectivity index (χ0v) is 32.5. The van der Waals surface area contributed by atoms with Crippen molar-refractivity contribution in [3.8, 4) is 0 Å². The van der Waals surface area contributed by atoms with Gasteiger partial charge < -0.3 is 30.1 Å². The number of para-hydroxylation sites is 2. The number of allylic oxidation sites excluding steroid dienone is 5. The van der Waals surface area contributed by atoms with Crippen molar-refractivity contribution in [3.63, 3.8) is 0 Å². The van der Waals surface area contributed by atoms with Crippen molar-refractivity contribution < 1.29 is 41.9 Å². The number of benzene rings is 2. The van der Waals surface area contributed by atoms with Gasteiger partial charge in [-0.2, -0.15) is 4.58 Å². The lowest BCUT2D eigenvalue weighted by molar-refractivity contribution is -0.878. The lowest BCUT2D eigenvalue weighted by Gasteiger charge is -2.32. The van der Waals surface area contributed by atoms with Crippen LogP contribution in [0.1, 0.15) is 64.5 Å². The van der Waals surface area contributed by atoms with Crippen molar-refractivity contribution in [3.05, 3.63) is 94.4 Å². The zero-order chi connectivity index (χ0) is 38.9. The summed E-state index contributed by atoms with van der Waals surface area (Å²) in [6.07, 6.45) is 5.95. The van der Waals surface area contributed by atoms with Crippen molar-refractivity contribution in [2.75, 3.05) is 51.4 Å². The number of carbonyl (C=O) groups excluding carboxylic acids is 2. The lowest BCUT2D eigenvalue weighted by Crippen LogP contribution is -3.09. The van der Waals surface area contributed by atoms with Crippen molar-refractivity contribution in [2.24, 2.45) is 0 Å². The number of fused-ring (bicyclic) bond motifs is 2. The van der Waals surface area contributed by atoms with Gasteiger partial charge in [0.2, 0.25) is 11.6 Å². The molecule has 0 saturated heterocycles. The molecule has 2 aliphatic heterocycles. The average molecular weight is 747 g/mol. The van der Waals surface area contributed by atoms with Crippen molar-refractivity contribution >= 4 is 44.9 Å². The third-order valence-corrected chi connectivity index (χ3v) is 11.6. The highest BCUT2D eigenvalue weighted by molar-refractivity contribution is 7.85. The van der Waals surface area contributed by atoms with E-state index < -0.39 is 44.6 Å². The number of nitrogens with one attached hydrogen (secondary N) is 3. The number of quaternary nitrogens is 1. The normalized spacial score (nSPS) is 20.0. The van der Waals surface area contributed by atoms with E-state index in [1.807, 2.05) is 67.0 Å². The number of carboxylic acids is 1. The molecule has 2 unspecified atom stereocenters. The molecule has 0 saturated carbocycles. The lowest BCUT2D eigenvalue weighted by atomic mass is 9.77. The van der Waals surface area contributed by atoms with E-state index in [0.717, 1.165) is 58.2 Å². The number of amides is 1. The molecule has 3 aliphatic rings. The average Bonchev–Trinajstić information content (AvgIpc) is 3.40. The van der Waals surface area contributed by atoms with Crippen LogP contribution in [0.25, 0.3) is 0 Å². The standard InChI is InChI=1S/C40H51N5O7S/c1-39(2)28-15-10-12-17-31(28)44(6)33(39)23-26-36(27(37(26)48)24-34-40(3,4)29-16-11-13-18-32(29)45(34)7)42-30(25-53(50,51)52)38(49)41-20-22-43(5)21-14-8-9-19-35(46)47/h10-13,15-18,23-24,30H,8-9,14,19-22,25H2,1-7H3,(H3-,41,42,46,47,48,49,50,51,52)/p+1. The van der Waals surface area contributed by atoms with Gasteiger partial charge in [-0.1, -0.05) is 50.2 Å². The van der Waals surface area contributed by atoms with E-state index in [0.29, 0.717) is 29.8 Å². The molecule has 1 amide bonds. The Balaban J connectivity index is 1.47. The summed E-state index contributed by atoms with van der Waals surface area (Å²) in [4.78, 5) is 41.7. The summed E-state index contributed by atoms with van der Waals surface area (Å²) in [5.74, 6) is -2.75. The summed E-state index contributed by atoms with van der Waals surface area (Å²) >= 11 is 0. The first kappa shape index (κ1) is 39.6. The maximum absolute atomic E-state index is 14.2. The van der Waals surface area contributed by atoms with E-state index in [1.165, 1.54) is 0 Å². The van der Waals surface area contributed by atoms with Crippen LogP contribution in [0, 0.1) is 0 Å².